The van der Waals surface area contributed by atoms with Gasteiger partial charge in [-0.1, -0.05) is 20.8 Å². The molecule has 0 radical (unpaired) electrons. The monoisotopic (exact) mass is 227 g/mol. The number of hydrogen-bond acceptors (Lipinski definition) is 3. The van der Waals surface area contributed by atoms with Crippen LogP contribution in [0.1, 0.15) is 34.6 Å². The SMILES string of the molecule is CC1CN(CC(N)C(C)(C)C)CC(C)N1C. The summed E-state index contributed by atoms with van der Waals surface area (Å²) < 4.78 is 0. The molecule has 3 nitrogen and oxygen atoms in total. The molecule has 0 aliphatic carbocycles. The Hall–Kier alpha value is -0.120. The normalized spacial score (nSPS) is 31.7. The quantitative estimate of drug-likeness (QED) is 0.773. The summed E-state index contributed by atoms with van der Waals surface area (Å²) in [5.74, 6) is 0. The first kappa shape index (κ1) is 13.9. The molecule has 0 amide bonds. The molecule has 0 aromatic heterocycles. The largest absolute Gasteiger partial charge is 0.326 e. The Labute approximate surface area is 101 Å². The molecule has 1 aliphatic heterocycles. The Kier molecular flexibility index (Phi) is 4.38. The van der Waals surface area contributed by atoms with Crippen LogP contribution < -0.4 is 5.73 Å². The number of nitrogens with zero attached hydrogens (tertiary/aromatic N) is 2. The van der Waals surface area contributed by atoms with Gasteiger partial charge in [0.1, 0.15) is 0 Å². The van der Waals surface area contributed by atoms with Crippen molar-refractivity contribution < 1.29 is 0 Å². The molecule has 0 bridgehead atoms. The minimum atomic E-state index is 0.204. The molecule has 0 saturated carbocycles. The van der Waals surface area contributed by atoms with E-state index in [4.69, 9.17) is 5.73 Å². The second-order valence-corrected chi connectivity index (χ2v) is 6.55. The van der Waals surface area contributed by atoms with E-state index in [2.05, 4.69) is 51.5 Å². The summed E-state index contributed by atoms with van der Waals surface area (Å²) in [6.07, 6.45) is 0. The van der Waals surface area contributed by atoms with Crippen LogP contribution in [0.15, 0.2) is 0 Å². The van der Waals surface area contributed by atoms with Gasteiger partial charge in [0, 0.05) is 37.8 Å². The van der Waals surface area contributed by atoms with Crippen molar-refractivity contribution in [2.75, 3.05) is 26.7 Å². The highest BCUT2D eigenvalue weighted by molar-refractivity contribution is 4.87. The van der Waals surface area contributed by atoms with Crippen molar-refractivity contribution in [3.63, 3.8) is 0 Å². The van der Waals surface area contributed by atoms with Crippen LogP contribution in [0, 0.1) is 5.41 Å². The summed E-state index contributed by atoms with van der Waals surface area (Å²) in [5, 5.41) is 0. The minimum Gasteiger partial charge on any atom is -0.326 e. The maximum Gasteiger partial charge on any atom is 0.0217 e. The molecule has 0 aromatic rings. The molecule has 96 valence electrons. The average Bonchev–Trinajstić information content (AvgIpc) is 2.12. The summed E-state index contributed by atoms with van der Waals surface area (Å²) in [5.41, 5.74) is 6.46. The molecule has 1 rings (SSSR count). The van der Waals surface area contributed by atoms with E-state index >= 15 is 0 Å². The number of piperazine rings is 1. The fourth-order valence-corrected chi connectivity index (χ4v) is 2.21. The molecule has 0 spiro atoms. The lowest BCUT2D eigenvalue weighted by atomic mass is 9.87. The van der Waals surface area contributed by atoms with Gasteiger partial charge in [-0.15, -0.1) is 0 Å². The molecular weight excluding hydrogens is 198 g/mol. The highest BCUT2D eigenvalue weighted by Crippen LogP contribution is 2.20. The maximum atomic E-state index is 6.25. The van der Waals surface area contributed by atoms with Gasteiger partial charge >= 0.3 is 0 Å². The Morgan fingerprint density at radius 2 is 1.62 bits per heavy atom. The van der Waals surface area contributed by atoms with E-state index < -0.39 is 0 Å². The van der Waals surface area contributed by atoms with E-state index in [1.54, 1.807) is 0 Å². The van der Waals surface area contributed by atoms with Crippen molar-refractivity contribution in [3.8, 4) is 0 Å². The van der Waals surface area contributed by atoms with Crippen molar-refractivity contribution in [2.24, 2.45) is 11.1 Å². The van der Waals surface area contributed by atoms with Crippen molar-refractivity contribution in [1.82, 2.24) is 9.80 Å². The molecule has 16 heavy (non-hydrogen) atoms. The van der Waals surface area contributed by atoms with Crippen LogP contribution in [-0.4, -0.2) is 54.6 Å². The summed E-state index contributed by atoms with van der Waals surface area (Å²) in [4.78, 5) is 4.98. The highest BCUT2D eigenvalue weighted by atomic mass is 15.3. The van der Waals surface area contributed by atoms with E-state index in [0.717, 1.165) is 19.6 Å². The predicted octanol–water partition coefficient (Wildman–Crippen LogP) is 1.38. The highest BCUT2D eigenvalue weighted by Gasteiger charge is 2.29. The second-order valence-electron chi connectivity index (χ2n) is 6.55. The number of hydrogen-bond donors (Lipinski definition) is 1. The third kappa shape index (κ3) is 3.44. The van der Waals surface area contributed by atoms with Crippen LogP contribution in [0.5, 0.6) is 0 Å². The second kappa shape index (κ2) is 5.03. The Balaban J connectivity index is 2.51. The Morgan fingerprint density at radius 1 is 1.19 bits per heavy atom. The first-order chi connectivity index (χ1) is 7.21. The van der Waals surface area contributed by atoms with Crippen LogP contribution in [0.3, 0.4) is 0 Å². The van der Waals surface area contributed by atoms with E-state index in [9.17, 15) is 0 Å². The zero-order valence-electron chi connectivity index (χ0n) is 11.8. The fourth-order valence-electron chi connectivity index (χ4n) is 2.21. The van der Waals surface area contributed by atoms with Gasteiger partial charge in [0.15, 0.2) is 0 Å². The predicted molar refractivity (Wildman–Crippen MR) is 70.6 cm³/mol. The zero-order valence-corrected chi connectivity index (χ0v) is 11.8. The summed E-state index contributed by atoms with van der Waals surface area (Å²) >= 11 is 0. The average molecular weight is 227 g/mol. The standard InChI is InChI=1S/C13H29N3/c1-10-7-16(8-11(2)15(10)6)9-12(14)13(3,4)5/h10-12H,7-9,14H2,1-6H3. The number of rotatable bonds is 2. The van der Waals surface area contributed by atoms with Gasteiger partial charge in [-0.05, 0) is 26.3 Å². The van der Waals surface area contributed by atoms with E-state index in [-0.39, 0.29) is 11.5 Å². The first-order valence-electron chi connectivity index (χ1n) is 6.41. The first-order valence-corrected chi connectivity index (χ1v) is 6.41. The molecule has 1 fully saturated rings. The molecular formula is C13H29N3. The molecule has 2 N–H and O–H groups in total. The van der Waals surface area contributed by atoms with Gasteiger partial charge in [0.2, 0.25) is 0 Å². The topological polar surface area (TPSA) is 32.5 Å². The van der Waals surface area contributed by atoms with Crippen LogP contribution in [0.4, 0.5) is 0 Å². The van der Waals surface area contributed by atoms with Gasteiger partial charge < -0.3 is 5.73 Å². The lowest BCUT2D eigenvalue weighted by Crippen LogP contribution is -2.58. The lowest BCUT2D eigenvalue weighted by Gasteiger charge is -2.44. The van der Waals surface area contributed by atoms with E-state index in [1.807, 2.05) is 0 Å². The van der Waals surface area contributed by atoms with Gasteiger partial charge in [-0.2, -0.15) is 0 Å². The summed E-state index contributed by atoms with van der Waals surface area (Å²) in [6, 6.07) is 1.53. The van der Waals surface area contributed by atoms with Crippen molar-refractivity contribution in [1.29, 1.82) is 0 Å². The van der Waals surface area contributed by atoms with Crippen LogP contribution >= 0.6 is 0 Å². The van der Waals surface area contributed by atoms with Crippen LogP contribution in [0.25, 0.3) is 0 Å². The Morgan fingerprint density at radius 3 is 2.00 bits per heavy atom. The number of nitrogens with two attached hydrogens (primary N) is 1. The molecule has 3 heteroatoms. The molecule has 1 saturated heterocycles. The molecule has 1 heterocycles. The summed E-state index contributed by atoms with van der Waals surface area (Å²) in [7, 11) is 2.22. The van der Waals surface area contributed by atoms with Crippen LogP contribution in [-0.2, 0) is 0 Å². The Bertz CT molecular complexity index is 210. The molecule has 3 unspecified atom stereocenters. The van der Waals surface area contributed by atoms with E-state index in [0.29, 0.717) is 12.1 Å². The molecule has 0 aromatic carbocycles. The van der Waals surface area contributed by atoms with Gasteiger partial charge in [-0.3, -0.25) is 9.80 Å². The maximum absolute atomic E-state index is 6.25. The fraction of sp³-hybridized carbons (Fsp3) is 1.00. The third-order valence-electron chi connectivity index (χ3n) is 4.00. The van der Waals surface area contributed by atoms with Crippen LogP contribution in [0.2, 0.25) is 0 Å². The van der Waals surface area contributed by atoms with Crippen molar-refractivity contribution in [3.05, 3.63) is 0 Å². The third-order valence-corrected chi connectivity index (χ3v) is 4.00. The van der Waals surface area contributed by atoms with Crippen molar-refractivity contribution in [2.45, 2.75) is 52.7 Å². The zero-order chi connectivity index (χ0) is 12.5. The lowest BCUT2D eigenvalue weighted by molar-refractivity contribution is 0.0488. The van der Waals surface area contributed by atoms with Gasteiger partial charge in [-0.25, -0.2) is 0 Å². The van der Waals surface area contributed by atoms with Crippen molar-refractivity contribution >= 4 is 0 Å². The smallest absolute Gasteiger partial charge is 0.0217 e. The molecule has 1 aliphatic rings. The molecule has 3 atom stereocenters. The van der Waals surface area contributed by atoms with Gasteiger partial charge in [0.05, 0.1) is 0 Å². The number of likely N-dealkylation sites (N-methyl/N-ethyl adjacent to an activating group) is 1. The van der Waals surface area contributed by atoms with Gasteiger partial charge in [0.25, 0.3) is 0 Å². The minimum absolute atomic E-state index is 0.204. The summed E-state index contributed by atoms with van der Waals surface area (Å²) in [6.45, 7) is 14.6. The van der Waals surface area contributed by atoms with E-state index in [1.165, 1.54) is 0 Å².